The van der Waals surface area contributed by atoms with Crippen molar-refractivity contribution in [2.45, 2.75) is 59.6 Å². The molecule has 1 aromatic heterocycles. The fraction of sp³-hybridized carbons (Fsp3) is 0.391. The Morgan fingerprint density at radius 3 is 2.54 bits per heavy atom. The van der Waals surface area contributed by atoms with Gasteiger partial charge in [-0.2, -0.15) is 0 Å². The van der Waals surface area contributed by atoms with E-state index in [9.17, 15) is 9.59 Å². The van der Waals surface area contributed by atoms with E-state index in [2.05, 4.69) is 29.8 Å². The van der Waals surface area contributed by atoms with Crippen LogP contribution < -0.4 is 5.32 Å². The minimum atomic E-state index is -0.878. The van der Waals surface area contributed by atoms with Crippen molar-refractivity contribution in [2.24, 2.45) is 0 Å². The molecule has 148 valence electrons. The van der Waals surface area contributed by atoms with Crippen LogP contribution in [0.3, 0.4) is 0 Å². The summed E-state index contributed by atoms with van der Waals surface area (Å²) in [7, 11) is 0. The average molecular weight is 380 g/mol. The first-order valence-electron chi connectivity index (χ1n) is 9.71. The molecule has 2 aromatic rings. The highest BCUT2D eigenvalue weighted by atomic mass is 16.5. The maximum Gasteiger partial charge on any atom is 0.331 e. The Bertz CT molecular complexity index is 936. The molecule has 0 saturated heterocycles. The first-order chi connectivity index (χ1) is 13.3. The Kier molecular flexibility index (Phi) is 5.73. The number of hydrogen-bond donors (Lipinski definition) is 1. The van der Waals surface area contributed by atoms with Crippen molar-refractivity contribution < 1.29 is 14.3 Å². The number of ether oxygens (including phenoxy) is 1. The van der Waals surface area contributed by atoms with Crippen molar-refractivity contribution in [2.75, 3.05) is 5.32 Å². The van der Waals surface area contributed by atoms with Gasteiger partial charge in [0.25, 0.3) is 5.91 Å². The summed E-state index contributed by atoms with van der Waals surface area (Å²) >= 11 is 0. The van der Waals surface area contributed by atoms with Crippen molar-refractivity contribution >= 4 is 23.6 Å². The van der Waals surface area contributed by atoms with Gasteiger partial charge in [-0.05, 0) is 76.8 Å². The molecule has 0 aliphatic heterocycles. The number of nitrogens with zero attached hydrogens (tertiary/aromatic N) is 1. The van der Waals surface area contributed by atoms with Crippen molar-refractivity contribution in [1.29, 1.82) is 0 Å². The third-order valence-corrected chi connectivity index (χ3v) is 5.14. The molecule has 0 unspecified atom stereocenters. The fourth-order valence-corrected chi connectivity index (χ4v) is 3.48. The van der Waals surface area contributed by atoms with E-state index < -0.39 is 12.1 Å². The number of benzene rings is 1. The number of carbonyl (C=O) groups is 2. The summed E-state index contributed by atoms with van der Waals surface area (Å²) in [5.41, 5.74) is 6.19. The summed E-state index contributed by atoms with van der Waals surface area (Å²) in [6.45, 7) is 9.65. The van der Waals surface area contributed by atoms with E-state index in [1.54, 1.807) is 13.0 Å². The van der Waals surface area contributed by atoms with E-state index in [1.165, 1.54) is 24.6 Å². The zero-order valence-corrected chi connectivity index (χ0v) is 17.2. The van der Waals surface area contributed by atoms with E-state index in [1.807, 2.05) is 32.0 Å². The molecule has 1 aliphatic rings. The third-order valence-electron chi connectivity index (χ3n) is 5.14. The van der Waals surface area contributed by atoms with Crippen LogP contribution in [0.2, 0.25) is 0 Å². The topological polar surface area (TPSA) is 60.3 Å². The second-order valence-corrected chi connectivity index (χ2v) is 7.65. The van der Waals surface area contributed by atoms with Gasteiger partial charge in [0.15, 0.2) is 6.10 Å². The van der Waals surface area contributed by atoms with Gasteiger partial charge in [0.05, 0.1) is 0 Å². The summed E-state index contributed by atoms with van der Waals surface area (Å²) in [5, 5.41) is 2.81. The summed E-state index contributed by atoms with van der Waals surface area (Å²) in [5.74, 6) is -0.875. The van der Waals surface area contributed by atoms with Crippen molar-refractivity contribution in [3.8, 4) is 0 Å². The van der Waals surface area contributed by atoms with Gasteiger partial charge in [0.1, 0.15) is 0 Å². The predicted octanol–water partition coefficient (Wildman–Crippen LogP) is 4.64. The van der Waals surface area contributed by atoms with E-state index in [4.69, 9.17) is 4.74 Å². The molecular weight excluding hydrogens is 352 g/mol. The molecule has 0 spiro atoms. The lowest BCUT2D eigenvalue weighted by atomic mass is 10.1. The number of esters is 1. The Morgan fingerprint density at radius 2 is 1.89 bits per heavy atom. The van der Waals surface area contributed by atoms with Crippen molar-refractivity contribution in [3.05, 3.63) is 58.4 Å². The van der Waals surface area contributed by atoms with Crippen LogP contribution in [0.1, 0.15) is 53.9 Å². The molecule has 3 rings (SSSR count). The molecule has 5 heteroatoms. The summed E-state index contributed by atoms with van der Waals surface area (Å²) in [6, 6.07) is 8.45. The van der Waals surface area contributed by atoms with E-state index in [0.717, 1.165) is 28.1 Å². The smallest absolute Gasteiger partial charge is 0.331 e. The van der Waals surface area contributed by atoms with E-state index in [0.29, 0.717) is 6.04 Å². The zero-order valence-electron chi connectivity index (χ0n) is 17.2. The van der Waals surface area contributed by atoms with Crippen LogP contribution in [0.15, 0.2) is 30.3 Å². The first-order valence-corrected chi connectivity index (χ1v) is 9.71. The van der Waals surface area contributed by atoms with Gasteiger partial charge in [0, 0.05) is 29.2 Å². The molecule has 1 aromatic carbocycles. The monoisotopic (exact) mass is 380 g/mol. The van der Waals surface area contributed by atoms with Crippen LogP contribution in [0.4, 0.5) is 5.69 Å². The fourth-order valence-electron chi connectivity index (χ4n) is 3.48. The van der Waals surface area contributed by atoms with Crippen LogP contribution >= 0.6 is 0 Å². The van der Waals surface area contributed by atoms with Gasteiger partial charge < -0.3 is 14.6 Å². The van der Waals surface area contributed by atoms with Crippen molar-refractivity contribution in [1.82, 2.24) is 4.57 Å². The quantitative estimate of drug-likeness (QED) is 0.587. The average Bonchev–Trinajstić information content (AvgIpc) is 3.41. The number of hydrogen-bond acceptors (Lipinski definition) is 3. The lowest BCUT2D eigenvalue weighted by Crippen LogP contribution is -2.29. The van der Waals surface area contributed by atoms with Crippen LogP contribution in [-0.4, -0.2) is 22.5 Å². The number of rotatable bonds is 6. The van der Waals surface area contributed by atoms with Gasteiger partial charge in [-0.3, -0.25) is 4.79 Å². The molecular formula is C23H28N2O3. The zero-order chi connectivity index (χ0) is 20.4. The number of nitrogens with one attached hydrogen (secondary N) is 1. The second kappa shape index (κ2) is 8.05. The standard InChI is InChI=1S/C23H28N2O3/c1-14-6-10-21(15(2)12-14)24-23(27)18(5)28-22(26)11-7-19-13-16(3)25(17(19)4)20-8-9-20/h6-7,10-13,18,20H,8-9H2,1-5H3,(H,24,27)/b11-7+/t18-/m1/s1. The number of amides is 1. The highest BCUT2D eigenvalue weighted by Crippen LogP contribution is 2.38. The van der Waals surface area contributed by atoms with Crippen LogP contribution in [0.5, 0.6) is 0 Å². The number of aryl methyl sites for hydroxylation is 3. The van der Waals surface area contributed by atoms with Gasteiger partial charge >= 0.3 is 5.97 Å². The number of aromatic nitrogens is 1. The number of carbonyl (C=O) groups excluding carboxylic acids is 2. The lowest BCUT2D eigenvalue weighted by molar-refractivity contribution is -0.148. The van der Waals surface area contributed by atoms with E-state index >= 15 is 0 Å². The molecule has 1 atom stereocenters. The molecule has 5 nitrogen and oxygen atoms in total. The van der Waals surface area contributed by atoms with Crippen LogP contribution in [0.25, 0.3) is 6.08 Å². The Labute approximate surface area is 166 Å². The SMILES string of the molecule is Cc1ccc(NC(=O)[C@@H](C)OC(=O)/C=C/c2cc(C)n(C3CC3)c2C)c(C)c1. The van der Waals surface area contributed by atoms with Crippen molar-refractivity contribution in [3.63, 3.8) is 0 Å². The van der Waals surface area contributed by atoms with Crippen LogP contribution in [-0.2, 0) is 14.3 Å². The van der Waals surface area contributed by atoms with Gasteiger partial charge in [-0.25, -0.2) is 4.79 Å². The minimum Gasteiger partial charge on any atom is -0.449 e. The maximum absolute atomic E-state index is 12.3. The Morgan fingerprint density at radius 1 is 1.18 bits per heavy atom. The van der Waals surface area contributed by atoms with Gasteiger partial charge in [-0.15, -0.1) is 0 Å². The summed E-state index contributed by atoms with van der Waals surface area (Å²) in [6.07, 6.45) is 4.71. The highest BCUT2D eigenvalue weighted by Gasteiger charge is 2.26. The second-order valence-electron chi connectivity index (χ2n) is 7.65. The van der Waals surface area contributed by atoms with Crippen LogP contribution in [0, 0.1) is 27.7 Å². The molecule has 1 saturated carbocycles. The molecule has 1 aliphatic carbocycles. The lowest BCUT2D eigenvalue weighted by Gasteiger charge is -2.14. The molecule has 1 heterocycles. The Hall–Kier alpha value is -2.82. The predicted molar refractivity (Wildman–Crippen MR) is 111 cm³/mol. The molecule has 0 bridgehead atoms. The summed E-state index contributed by atoms with van der Waals surface area (Å²) in [4.78, 5) is 24.5. The highest BCUT2D eigenvalue weighted by molar-refractivity contribution is 5.97. The number of anilines is 1. The molecule has 28 heavy (non-hydrogen) atoms. The third kappa shape index (κ3) is 4.53. The normalized spacial score (nSPS) is 14.9. The summed E-state index contributed by atoms with van der Waals surface area (Å²) < 4.78 is 7.59. The minimum absolute atomic E-state index is 0.347. The van der Waals surface area contributed by atoms with Gasteiger partial charge in [0.2, 0.25) is 0 Å². The molecule has 1 amide bonds. The molecule has 0 radical (unpaired) electrons. The largest absolute Gasteiger partial charge is 0.449 e. The molecule has 1 N–H and O–H groups in total. The van der Waals surface area contributed by atoms with E-state index in [-0.39, 0.29) is 5.91 Å². The Balaban J connectivity index is 1.58. The molecule has 1 fully saturated rings. The van der Waals surface area contributed by atoms with Gasteiger partial charge in [-0.1, -0.05) is 17.7 Å². The first kappa shape index (κ1) is 19.9. The maximum atomic E-state index is 12.3.